The zero-order valence-electron chi connectivity index (χ0n) is 9.88. The van der Waals surface area contributed by atoms with E-state index in [-0.39, 0.29) is 11.8 Å². The van der Waals surface area contributed by atoms with Gasteiger partial charge in [-0.1, -0.05) is 6.92 Å². The predicted octanol–water partition coefficient (Wildman–Crippen LogP) is -1.16. The van der Waals surface area contributed by atoms with E-state index in [1.165, 1.54) is 6.92 Å². The highest BCUT2D eigenvalue weighted by atomic mass is 16.2. The van der Waals surface area contributed by atoms with E-state index in [9.17, 15) is 9.59 Å². The van der Waals surface area contributed by atoms with Crippen LogP contribution in [0, 0.1) is 0 Å². The summed E-state index contributed by atoms with van der Waals surface area (Å²) in [6, 6.07) is 0.447. The van der Waals surface area contributed by atoms with Crippen LogP contribution in [-0.2, 0) is 9.59 Å². The number of hydrogen-bond donors (Lipinski definition) is 3. The quantitative estimate of drug-likeness (QED) is 0.519. The average Bonchev–Trinajstić information content (AvgIpc) is 2.12. The zero-order valence-corrected chi connectivity index (χ0v) is 9.88. The topological polar surface area (TPSA) is 73.5 Å². The first-order valence-electron chi connectivity index (χ1n) is 5.63. The van der Waals surface area contributed by atoms with Gasteiger partial charge in [-0.15, -0.1) is 0 Å². The van der Waals surface area contributed by atoms with Crippen molar-refractivity contribution < 1.29 is 9.59 Å². The second kappa shape index (κ2) is 6.44. The normalized spacial score (nSPS) is 15.7. The van der Waals surface area contributed by atoms with Gasteiger partial charge in [0.05, 0.1) is 6.54 Å². The number of carbonyl (C=O) groups excluding carboxylic acids is 2. The molecule has 16 heavy (non-hydrogen) atoms. The van der Waals surface area contributed by atoms with Crippen molar-refractivity contribution in [1.29, 1.82) is 0 Å². The Labute approximate surface area is 95.7 Å². The molecular weight excluding hydrogens is 208 g/mol. The smallest absolute Gasteiger partial charge is 0.252 e. The standard InChI is InChI=1S/C10H20N4O2/c1-3-4-14(9-5-11-6-9)7-10(16)13-12-8(2)15/h9,11H,3-7H2,1-2H3,(H,12,15)(H,13,16). The molecule has 1 aliphatic heterocycles. The van der Waals surface area contributed by atoms with Gasteiger partial charge in [0, 0.05) is 26.1 Å². The molecule has 3 N–H and O–H groups in total. The van der Waals surface area contributed by atoms with Gasteiger partial charge in [-0.05, 0) is 13.0 Å². The highest BCUT2D eigenvalue weighted by Crippen LogP contribution is 2.05. The van der Waals surface area contributed by atoms with Crippen LogP contribution in [0.5, 0.6) is 0 Å². The molecule has 2 amide bonds. The SMILES string of the molecule is CCCN(CC(=O)NNC(C)=O)C1CNC1. The van der Waals surface area contributed by atoms with Crippen molar-refractivity contribution in [3.8, 4) is 0 Å². The molecule has 1 heterocycles. The average molecular weight is 228 g/mol. The van der Waals surface area contributed by atoms with E-state index in [0.29, 0.717) is 12.6 Å². The molecule has 0 aliphatic carbocycles. The first-order chi connectivity index (χ1) is 7.63. The Morgan fingerprint density at radius 2 is 2.06 bits per heavy atom. The monoisotopic (exact) mass is 228 g/mol. The van der Waals surface area contributed by atoms with E-state index in [0.717, 1.165) is 26.1 Å². The zero-order chi connectivity index (χ0) is 12.0. The predicted molar refractivity (Wildman–Crippen MR) is 60.5 cm³/mol. The van der Waals surface area contributed by atoms with E-state index in [1.807, 2.05) is 0 Å². The van der Waals surface area contributed by atoms with Gasteiger partial charge in [-0.2, -0.15) is 0 Å². The van der Waals surface area contributed by atoms with Crippen LogP contribution in [0.2, 0.25) is 0 Å². The lowest BCUT2D eigenvalue weighted by atomic mass is 10.1. The second-order valence-electron chi connectivity index (χ2n) is 4.01. The van der Waals surface area contributed by atoms with Crippen molar-refractivity contribution in [1.82, 2.24) is 21.1 Å². The Morgan fingerprint density at radius 3 is 2.50 bits per heavy atom. The van der Waals surface area contributed by atoms with Crippen molar-refractivity contribution in [3.05, 3.63) is 0 Å². The molecule has 0 bridgehead atoms. The number of carbonyl (C=O) groups is 2. The summed E-state index contributed by atoms with van der Waals surface area (Å²) in [5.74, 6) is -0.434. The van der Waals surface area contributed by atoms with E-state index >= 15 is 0 Å². The van der Waals surface area contributed by atoms with Crippen molar-refractivity contribution >= 4 is 11.8 Å². The minimum absolute atomic E-state index is 0.171. The largest absolute Gasteiger partial charge is 0.314 e. The fourth-order valence-electron chi connectivity index (χ4n) is 1.59. The maximum atomic E-state index is 11.5. The van der Waals surface area contributed by atoms with Crippen LogP contribution in [0.3, 0.4) is 0 Å². The van der Waals surface area contributed by atoms with E-state index in [4.69, 9.17) is 0 Å². The van der Waals surface area contributed by atoms with Crippen LogP contribution in [0.4, 0.5) is 0 Å². The first-order valence-corrected chi connectivity index (χ1v) is 5.63. The highest BCUT2D eigenvalue weighted by molar-refractivity contribution is 5.81. The molecule has 1 fully saturated rings. The summed E-state index contributed by atoms with van der Waals surface area (Å²) in [5, 5.41) is 3.18. The van der Waals surface area contributed by atoms with Crippen molar-refractivity contribution in [2.75, 3.05) is 26.2 Å². The summed E-state index contributed by atoms with van der Waals surface area (Å²) in [7, 11) is 0. The third-order valence-electron chi connectivity index (χ3n) is 2.51. The summed E-state index contributed by atoms with van der Waals surface area (Å²) in [4.78, 5) is 24.2. The molecule has 0 atom stereocenters. The van der Waals surface area contributed by atoms with Crippen molar-refractivity contribution in [2.24, 2.45) is 0 Å². The van der Waals surface area contributed by atoms with E-state index < -0.39 is 0 Å². The van der Waals surface area contributed by atoms with Gasteiger partial charge >= 0.3 is 0 Å². The van der Waals surface area contributed by atoms with Crippen molar-refractivity contribution in [2.45, 2.75) is 26.3 Å². The van der Waals surface area contributed by atoms with E-state index in [2.05, 4.69) is 28.0 Å². The van der Waals surface area contributed by atoms with Gasteiger partial charge in [-0.25, -0.2) is 0 Å². The number of nitrogens with zero attached hydrogens (tertiary/aromatic N) is 1. The molecular formula is C10H20N4O2. The molecule has 0 aromatic rings. The van der Waals surface area contributed by atoms with E-state index in [1.54, 1.807) is 0 Å². The molecule has 1 rings (SSSR count). The lowest BCUT2D eigenvalue weighted by Gasteiger charge is -2.37. The maximum Gasteiger partial charge on any atom is 0.252 e. The molecule has 1 saturated heterocycles. The number of hydrazine groups is 1. The molecule has 0 radical (unpaired) electrons. The lowest BCUT2D eigenvalue weighted by Crippen LogP contribution is -2.59. The minimum atomic E-state index is -0.263. The molecule has 6 heteroatoms. The fourth-order valence-corrected chi connectivity index (χ4v) is 1.59. The van der Waals surface area contributed by atoms with Crippen LogP contribution in [0.25, 0.3) is 0 Å². The summed E-state index contributed by atoms with van der Waals surface area (Å²) in [6.07, 6.45) is 1.02. The molecule has 1 aliphatic rings. The third-order valence-corrected chi connectivity index (χ3v) is 2.51. The van der Waals surface area contributed by atoms with Crippen LogP contribution in [0.15, 0.2) is 0 Å². The van der Waals surface area contributed by atoms with Gasteiger partial charge in [0.15, 0.2) is 0 Å². The van der Waals surface area contributed by atoms with Crippen LogP contribution < -0.4 is 16.2 Å². The second-order valence-corrected chi connectivity index (χ2v) is 4.01. The van der Waals surface area contributed by atoms with Gasteiger partial charge in [0.2, 0.25) is 5.91 Å². The molecule has 6 nitrogen and oxygen atoms in total. The Kier molecular flexibility index (Phi) is 5.21. The summed E-state index contributed by atoms with van der Waals surface area (Å²) in [6.45, 7) is 6.56. The Balaban J connectivity index is 2.29. The molecule has 0 spiro atoms. The van der Waals surface area contributed by atoms with Crippen LogP contribution in [-0.4, -0.2) is 48.9 Å². The Bertz CT molecular complexity index is 253. The highest BCUT2D eigenvalue weighted by Gasteiger charge is 2.25. The molecule has 92 valence electrons. The van der Waals surface area contributed by atoms with Gasteiger partial charge in [0.25, 0.3) is 5.91 Å². The first kappa shape index (κ1) is 12.9. The van der Waals surface area contributed by atoms with Crippen LogP contribution in [0.1, 0.15) is 20.3 Å². The van der Waals surface area contributed by atoms with Crippen LogP contribution >= 0.6 is 0 Å². The minimum Gasteiger partial charge on any atom is -0.314 e. The third kappa shape index (κ3) is 4.16. The molecule has 0 saturated carbocycles. The van der Waals surface area contributed by atoms with Gasteiger partial charge in [-0.3, -0.25) is 25.3 Å². The number of hydrogen-bond acceptors (Lipinski definition) is 4. The van der Waals surface area contributed by atoms with Crippen molar-refractivity contribution in [3.63, 3.8) is 0 Å². The number of rotatable bonds is 5. The molecule has 0 aromatic heterocycles. The molecule has 0 aromatic carbocycles. The molecule has 0 unspecified atom stereocenters. The number of nitrogens with one attached hydrogen (secondary N) is 3. The summed E-state index contributed by atoms with van der Waals surface area (Å²) in [5.41, 5.74) is 4.66. The summed E-state index contributed by atoms with van der Waals surface area (Å²) < 4.78 is 0. The lowest BCUT2D eigenvalue weighted by molar-refractivity contribution is -0.129. The van der Waals surface area contributed by atoms with Gasteiger partial charge in [0.1, 0.15) is 0 Å². The summed E-state index contributed by atoms with van der Waals surface area (Å²) >= 11 is 0. The van der Waals surface area contributed by atoms with Gasteiger partial charge < -0.3 is 5.32 Å². The fraction of sp³-hybridized carbons (Fsp3) is 0.800. The Morgan fingerprint density at radius 1 is 1.38 bits per heavy atom. The number of amides is 2. The Hall–Kier alpha value is -1.14. The maximum absolute atomic E-state index is 11.5.